The molecular formula is C12H17NO4S. The molecule has 0 bridgehead atoms. The van der Waals surface area contributed by atoms with Gasteiger partial charge in [0.15, 0.2) is 0 Å². The number of ether oxygens (including phenoxy) is 1. The molecule has 0 aromatic heterocycles. The Bertz CT molecular complexity index is 509. The summed E-state index contributed by atoms with van der Waals surface area (Å²) in [7, 11) is -1.93. The Morgan fingerprint density at radius 2 is 2.28 bits per heavy atom. The molecule has 2 rings (SSSR count). The van der Waals surface area contributed by atoms with Gasteiger partial charge in [0, 0.05) is 19.7 Å². The van der Waals surface area contributed by atoms with Crippen LogP contribution in [0.3, 0.4) is 0 Å². The van der Waals surface area contributed by atoms with Crippen molar-refractivity contribution in [2.45, 2.75) is 18.9 Å². The fourth-order valence-electron chi connectivity index (χ4n) is 1.97. The highest BCUT2D eigenvalue weighted by molar-refractivity contribution is 7.92. The standard InChI is InChI=1S/C12H17NO4S/c1-13(10-4-2-5-11(14)8-10)18(15,16)9-12-6-3-7-17-12/h2,4-5,8,12,14H,3,6-7,9H2,1H3. The summed E-state index contributed by atoms with van der Waals surface area (Å²) in [5, 5.41) is 9.37. The second-order valence-electron chi connectivity index (χ2n) is 4.40. The molecule has 1 aromatic carbocycles. The summed E-state index contributed by atoms with van der Waals surface area (Å²) in [6.07, 6.45) is 1.48. The van der Waals surface area contributed by atoms with E-state index in [0.717, 1.165) is 12.8 Å². The zero-order valence-corrected chi connectivity index (χ0v) is 11.1. The molecule has 1 unspecified atom stereocenters. The van der Waals surface area contributed by atoms with Crippen molar-refractivity contribution < 1.29 is 18.3 Å². The smallest absolute Gasteiger partial charge is 0.237 e. The summed E-state index contributed by atoms with van der Waals surface area (Å²) in [6, 6.07) is 6.19. The first-order valence-corrected chi connectivity index (χ1v) is 7.47. The molecular weight excluding hydrogens is 254 g/mol. The lowest BCUT2D eigenvalue weighted by Gasteiger charge is -2.21. The third kappa shape index (κ3) is 2.94. The maximum atomic E-state index is 12.2. The largest absolute Gasteiger partial charge is 0.508 e. The number of hydrogen-bond donors (Lipinski definition) is 1. The van der Waals surface area contributed by atoms with Gasteiger partial charge >= 0.3 is 0 Å². The summed E-state index contributed by atoms with van der Waals surface area (Å²) >= 11 is 0. The van der Waals surface area contributed by atoms with Crippen molar-refractivity contribution in [2.24, 2.45) is 0 Å². The van der Waals surface area contributed by atoms with Gasteiger partial charge in [0.1, 0.15) is 5.75 Å². The summed E-state index contributed by atoms with van der Waals surface area (Å²) in [5.74, 6) is 0.0331. The van der Waals surface area contributed by atoms with Crippen molar-refractivity contribution in [3.05, 3.63) is 24.3 Å². The van der Waals surface area contributed by atoms with Gasteiger partial charge in [0.2, 0.25) is 10.0 Å². The van der Waals surface area contributed by atoms with Crippen LogP contribution in [0.5, 0.6) is 5.75 Å². The van der Waals surface area contributed by atoms with Gasteiger partial charge < -0.3 is 9.84 Å². The molecule has 0 radical (unpaired) electrons. The number of sulfonamides is 1. The molecule has 0 saturated carbocycles. The predicted octanol–water partition coefficient (Wildman–Crippen LogP) is 1.34. The number of hydrogen-bond acceptors (Lipinski definition) is 4. The highest BCUT2D eigenvalue weighted by atomic mass is 32.2. The molecule has 1 saturated heterocycles. The molecule has 1 aromatic rings. The van der Waals surface area contributed by atoms with Gasteiger partial charge in [-0.25, -0.2) is 8.42 Å². The lowest BCUT2D eigenvalue weighted by molar-refractivity contribution is 0.127. The van der Waals surface area contributed by atoms with E-state index in [1.165, 1.54) is 23.5 Å². The lowest BCUT2D eigenvalue weighted by atomic mass is 10.3. The molecule has 1 N–H and O–H groups in total. The third-order valence-electron chi connectivity index (χ3n) is 3.03. The van der Waals surface area contributed by atoms with Gasteiger partial charge in [-0.15, -0.1) is 0 Å². The number of rotatable bonds is 4. The second kappa shape index (κ2) is 5.16. The predicted molar refractivity (Wildman–Crippen MR) is 69.3 cm³/mol. The maximum absolute atomic E-state index is 12.2. The molecule has 1 heterocycles. The number of phenols is 1. The SMILES string of the molecule is CN(c1cccc(O)c1)S(=O)(=O)CC1CCCO1. The van der Waals surface area contributed by atoms with Gasteiger partial charge in [-0.3, -0.25) is 4.31 Å². The van der Waals surface area contributed by atoms with Crippen LogP contribution in [0.2, 0.25) is 0 Å². The van der Waals surface area contributed by atoms with E-state index < -0.39 is 10.0 Å². The fraction of sp³-hybridized carbons (Fsp3) is 0.500. The molecule has 1 aliphatic heterocycles. The Morgan fingerprint density at radius 3 is 2.89 bits per heavy atom. The maximum Gasteiger partial charge on any atom is 0.237 e. The molecule has 18 heavy (non-hydrogen) atoms. The molecule has 5 nitrogen and oxygen atoms in total. The minimum atomic E-state index is -3.42. The molecule has 1 atom stereocenters. The zero-order chi connectivity index (χ0) is 13.2. The van der Waals surface area contributed by atoms with E-state index in [1.54, 1.807) is 12.1 Å². The Morgan fingerprint density at radius 1 is 1.50 bits per heavy atom. The van der Waals surface area contributed by atoms with E-state index in [2.05, 4.69) is 0 Å². The van der Waals surface area contributed by atoms with Crippen LogP contribution in [-0.4, -0.2) is 39.0 Å². The highest BCUT2D eigenvalue weighted by Gasteiger charge is 2.26. The highest BCUT2D eigenvalue weighted by Crippen LogP contribution is 2.23. The van der Waals surface area contributed by atoms with Gasteiger partial charge in [-0.05, 0) is 25.0 Å². The van der Waals surface area contributed by atoms with E-state index in [9.17, 15) is 13.5 Å². The average molecular weight is 271 g/mol. The van der Waals surface area contributed by atoms with Crippen molar-refractivity contribution >= 4 is 15.7 Å². The molecule has 0 amide bonds. The second-order valence-corrected chi connectivity index (χ2v) is 6.45. The average Bonchev–Trinajstić information content (AvgIpc) is 2.80. The van der Waals surface area contributed by atoms with Crippen LogP contribution in [0.25, 0.3) is 0 Å². The molecule has 6 heteroatoms. The van der Waals surface area contributed by atoms with Crippen LogP contribution in [0.1, 0.15) is 12.8 Å². The first-order valence-electron chi connectivity index (χ1n) is 5.86. The van der Waals surface area contributed by atoms with Crippen molar-refractivity contribution in [3.8, 4) is 5.75 Å². The Hall–Kier alpha value is -1.27. The zero-order valence-electron chi connectivity index (χ0n) is 10.2. The van der Waals surface area contributed by atoms with Crippen LogP contribution >= 0.6 is 0 Å². The molecule has 0 aliphatic carbocycles. The number of aromatic hydroxyl groups is 1. The molecule has 100 valence electrons. The van der Waals surface area contributed by atoms with Crippen LogP contribution in [-0.2, 0) is 14.8 Å². The van der Waals surface area contributed by atoms with Crippen molar-refractivity contribution in [2.75, 3.05) is 23.7 Å². The fourth-order valence-corrected chi connectivity index (χ4v) is 3.36. The van der Waals surface area contributed by atoms with Crippen LogP contribution in [0.15, 0.2) is 24.3 Å². The normalized spacial score (nSPS) is 19.9. The Labute approximate surface area is 107 Å². The topological polar surface area (TPSA) is 66.8 Å². The quantitative estimate of drug-likeness (QED) is 0.897. The number of anilines is 1. The van der Waals surface area contributed by atoms with E-state index in [-0.39, 0.29) is 17.6 Å². The summed E-state index contributed by atoms with van der Waals surface area (Å²) < 4.78 is 30.9. The van der Waals surface area contributed by atoms with Crippen LogP contribution in [0.4, 0.5) is 5.69 Å². The van der Waals surface area contributed by atoms with Crippen molar-refractivity contribution in [1.82, 2.24) is 0 Å². The van der Waals surface area contributed by atoms with E-state index in [0.29, 0.717) is 12.3 Å². The minimum absolute atomic E-state index is 0.0147. The first-order chi connectivity index (χ1) is 8.49. The Balaban J connectivity index is 2.13. The Kier molecular flexibility index (Phi) is 3.77. The number of benzene rings is 1. The molecule has 0 spiro atoms. The van der Waals surface area contributed by atoms with E-state index >= 15 is 0 Å². The van der Waals surface area contributed by atoms with Crippen molar-refractivity contribution in [1.29, 1.82) is 0 Å². The first kappa shape index (κ1) is 13.2. The van der Waals surface area contributed by atoms with Gasteiger partial charge in [0.25, 0.3) is 0 Å². The number of nitrogens with zero attached hydrogens (tertiary/aromatic N) is 1. The van der Waals surface area contributed by atoms with Crippen molar-refractivity contribution in [3.63, 3.8) is 0 Å². The van der Waals surface area contributed by atoms with Crippen LogP contribution in [0, 0.1) is 0 Å². The molecule has 1 fully saturated rings. The number of phenolic OH excluding ortho intramolecular Hbond substituents is 1. The van der Waals surface area contributed by atoms with Crippen LogP contribution < -0.4 is 4.31 Å². The molecule has 1 aliphatic rings. The monoisotopic (exact) mass is 271 g/mol. The minimum Gasteiger partial charge on any atom is -0.508 e. The van der Waals surface area contributed by atoms with Gasteiger partial charge in [-0.2, -0.15) is 0 Å². The van der Waals surface area contributed by atoms with E-state index in [4.69, 9.17) is 4.74 Å². The summed E-state index contributed by atoms with van der Waals surface area (Å²) in [5.41, 5.74) is 0.452. The van der Waals surface area contributed by atoms with Gasteiger partial charge in [-0.1, -0.05) is 6.07 Å². The van der Waals surface area contributed by atoms with E-state index in [1.807, 2.05) is 0 Å². The summed E-state index contributed by atoms with van der Waals surface area (Å²) in [4.78, 5) is 0. The lowest BCUT2D eigenvalue weighted by Crippen LogP contribution is -2.33. The van der Waals surface area contributed by atoms with Gasteiger partial charge in [0.05, 0.1) is 17.5 Å². The summed E-state index contributed by atoms with van der Waals surface area (Å²) in [6.45, 7) is 0.635. The third-order valence-corrected chi connectivity index (χ3v) is 4.87.